The zero-order valence-electron chi connectivity index (χ0n) is 49.6. The van der Waals surface area contributed by atoms with Crippen molar-refractivity contribution in [1.82, 2.24) is 21.3 Å². The van der Waals surface area contributed by atoms with E-state index in [-0.39, 0.29) is 157 Å². The minimum atomic E-state index is -1.33. The third kappa shape index (κ3) is 23.0. The first-order chi connectivity index (χ1) is 42.4. The van der Waals surface area contributed by atoms with E-state index >= 15 is 0 Å². The van der Waals surface area contributed by atoms with Gasteiger partial charge in [0.05, 0.1) is 56.7 Å². The molecule has 4 atom stereocenters. The van der Waals surface area contributed by atoms with Gasteiger partial charge >= 0.3 is 6.03 Å². The molecular weight excluding hydrogens is 1160 g/mol. The van der Waals surface area contributed by atoms with Gasteiger partial charge in [-0.1, -0.05) is 0 Å². The Morgan fingerprint density at radius 2 is 0.697 bits per heavy atom. The van der Waals surface area contributed by atoms with Crippen molar-refractivity contribution in [2.24, 2.45) is 66.6 Å². The Balaban J connectivity index is 1.60. The van der Waals surface area contributed by atoms with Crippen LogP contribution in [0.15, 0.2) is 87.8 Å². The fourth-order valence-electron chi connectivity index (χ4n) is 8.48. The van der Waals surface area contributed by atoms with Gasteiger partial charge in [-0.2, -0.15) is 0 Å². The van der Waals surface area contributed by atoms with E-state index in [0.717, 1.165) is 0 Å². The highest BCUT2D eigenvalue weighted by molar-refractivity contribution is 6.08. The number of guanidine groups is 3. The van der Waals surface area contributed by atoms with Crippen LogP contribution in [0.1, 0.15) is 92.8 Å². The first-order valence-corrected chi connectivity index (χ1v) is 27.5. The normalized spacial score (nSPS) is 11.9. The van der Waals surface area contributed by atoms with E-state index in [0.29, 0.717) is 6.42 Å². The number of benzene rings is 4. The number of primary amides is 2. The lowest BCUT2D eigenvalue weighted by molar-refractivity contribution is -0.118. The Labute approximate surface area is 511 Å². The van der Waals surface area contributed by atoms with Crippen molar-refractivity contribution in [2.45, 2.75) is 75.5 Å². The number of urea groups is 1. The highest BCUT2D eigenvalue weighted by Gasteiger charge is 2.29. The van der Waals surface area contributed by atoms with Gasteiger partial charge in [0, 0.05) is 48.9 Å². The summed E-state index contributed by atoms with van der Waals surface area (Å²) in [6, 6.07) is 11.0. The summed E-state index contributed by atoms with van der Waals surface area (Å²) in [7, 11) is 5.25. The molecule has 89 heavy (non-hydrogen) atoms. The Morgan fingerprint density at radius 1 is 0.404 bits per heavy atom. The summed E-state index contributed by atoms with van der Waals surface area (Å²) in [5.74, 6) is -6.30. The van der Waals surface area contributed by atoms with E-state index in [1.165, 1.54) is 101 Å². The number of hydrogen-bond donors (Lipinski definition) is 17. The Hall–Kier alpha value is -11.1. The smallest absolute Gasteiger partial charge is 0.312 e. The largest absolute Gasteiger partial charge is 0.496 e. The Bertz CT molecular complexity index is 3270. The Kier molecular flexibility index (Phi) is 28.0. The molecule has 33 heteroatoms. The molecule has 0 radical (unpaired) electrons. The van der Waals surface area contributed by atoms with Gasteiger partial charge in [-0.15, -0.1) is 0 Å². The van der Waals surface area contributed by atoms with Gasteiger partial charge in [0.1, 0.15) is 41.1 Å². The second kappa shape index (κ2) is 35.4. The maximum atomic E-state index is 14.4. The molecule has 0 fully saturated rings. The SMILES string of the molecule is COc1ccc(NC(=O)C(CCCN=C(N)N)NC(=O)c2cc(NC(=O)C(CCCN=C(N)N)NC(=O)c3cc(NC(=O)C(CCCNC(N)=O)NC(=O)c4cc(NC(=O)C(N)CCCN=C(N)N)ccc4OC)ccc3OC)ccc2OC)cc1C(N)=O. The number of rotatable bonds is 35. The van der Waals surface area contributed by atoms with Crippen molar-refractivity contribution >= 4 is 93.9 Å². The summed E-state index contributed by atoms with van der Waals surface area (Å²) in [6.45, 7) is 0.429. The first-order valence-electron chi connectivity index (χ1n) is 27.5. The van der Waals surface area contributed by atoms with E-state index < -0.39 is 77.5 Å². The third-order valence-corrected chi connectivity index (χ3v) is 12.9. The van der Waals surface area contributed by atoms with Crippen LogP contribution in [0.5, 0.6) is 23.0 Å². The second-order valence-corrected chi connectivity index (χ2v) is 19.4. The molecule has 0 bridgehead atoms. The highest BCUT2D eigenvalue weighted by Crippen LogP contribution is 2.28. The highest BCUT2D eigenvalue weighted by atomic mass is 16.5. The number of nitrogens with zero attached hydrogens (tertiary/aromatic N) is 3. The van der Waals surface area contributed by atoms with Crippen LogP contribution in [0.3, 0.4) is 0 Å². The number of aliphatic imine (C=N–C) groups is 3. The van der Waals surface area contributed by atoms with Crippen LogP contribution >= 0.6 is 0 Å². The number of anilines is 4. The van der Waals surface area contributed by atoms with Gasteiger partial charge in [0.2, 0.25) is 23.6 Å². The molecule has 0 spiro atoms. The number of hydrogen-bond acceptors (Lipinski definition) is 17. The second-order valence-electron chi connectivity index (χ2n) is 19.4. The molecule has 4 unspecified atom stereocenters. The minimum absolute atomic E-state index is 0.0146. The molecule has 10 amide bonds. The average Bonchev–Trinajstić information content (AvgIpc) is 2.33. The van der Waals surface area contributed by atoms with Crippen molar-refractivity contribution < 1.29 is 62.1 Å². The maximum absolute atomic E-state index is 14.4. The molecule has 0 heterocycles. The van der Waals surface area contributed by atoms with Crippen LogP contribution in [0, 0.1) is 0 Å². The lowest BCUT2D eigenvalue weighted by Gasteiger charge is -2.22. The van der Waals surface area contributed by atoms with Crippen molar-refractivity contribution in [1.29, 1.82) is 0 Å². The number of ether oxygens (including phenoxy) is 4. The van der Waals surface area contributed by atoms with Crippen molar-refractivity contribution in [3.8, 4) is 23.0 Å². The van der Waals surface area contributed by atoms with E-state index in [9.17, 15) is 43.2 Å². The summed E-state index contributed by atoms with van der Waals surface area (Å²) in [4.78, 5) is 133. The first kappa shape index (κ1) is 70.4. The standard InChI is InChI=1S/C56H78N20O13/c1-86-41-17-13-29(25-33(41)45(58)77)71-50(82)38(10-6-22-67-54(61)62)74-47(79)35-27-31(15-19-43(35)88-3)72-51(83)39(11-7-23-68-55(63)64)75-48(80)36-28-32(16-20-44(36)89-4)73-52(84)40(12-8-24-69-56(65)85)76-46(78)34-26-30(14-18-42(34)87-2)70-49(81)37(57)9-5-21-66-53(59)60/h13-20,25-28,37-40H,5-12,21-24,57H2,1-4H3,(H2,58,77)(H,70,81)(H,71,82)(H,72,83)(H,73,84)(H,74,79)(H,75,80)(H,76,78)(H4,59,60,66)(H4,61,62,67)(H4,63,64,68)(H3,65,69,85). The molecule has 4 aromatic rings. The molecule has 4 aromatic carbocycles. The topological polar surface area (TPSA) is 558 Å². The summed E-state index contributed by atoms with van der Waals surface area (Å²) in [5.41, 5.74) is 49.8. The van der Waals surface area contributed by atoms with Crippen LogP contribution in [-0.4, -0.2) is 150 Å². The van der Waals surface area contributed by atoms with Crippen LogP contribution in [0.2, 0.25) is 0 Å². The van der Waals surface area contributed by atoms with E-state index in [2.05, 4.69) is 57.5 Å². The van der Waals surface area contributed by atoms with Gasteiger partial charge in [-0.3, -0.25) is 53.3 Å². The van der Waals surface area contributed by atoms with Crippen LogP contribution < -0.4 is 113 Å². The minimum Gasteiger partial charge on any atom is -0.496 e. The van der Waals surface area contributed by atoms with E-state index in [1.54, 1.807) is 0 Å². The summed E-state index contributed by atoms with van der Waals surface area (Å²) in [6.07, 6.45) is 1.08. The quantitative estimate of drug-likeness (QED) is 0.0148. The zero-order valence-corrected chi connectivity index (χ0v) is 49.6. The average molecular weight is 1240 g/mol. The molecular formula is C56H78N20O13. The van der Waals surface area contributed by atoms with Crippen LogP contribution in [0.4, 0.5) is 27.5 Å². The molecule has 0 aliphatic heterocycles. The van der Waals surface area contributed by atoms with E-state index in [4.69, 9.17) is 70.6 Å². The molecule has 0 saturated heterocycles. The van der Waals surface area contributed by atoms with Crippen molar-refractivity contribution in [3.63, 3.8) is 0 Å². The molecule has 33 nitrogen and oxygen atoms in total. The zero-order chi connectivity index (χ0) is 65.7. The summed E-state index contributed by atoms with van der Waals surface area (Å²) < 4.78 is 21.6. The summed E-state index contributed by atoms with van der Waals surface area (Å²) >= 11 is 0. The predicted octanol–water partition coefficient (Wildman–Crippen LogP) is -1.09. The molecule has 480 valence electrons. The van der Waals surface area contributed by atoms with Crippen LogP contribution in [-0.2, 0) is 19.2 Å². The molecule has 4 rings (SSSR count). The maximum Gasteiger partial charge on any atom is 0.312 e. The van der Waals surface area contributed by atoms with Crippen molar-refractivity contribution in [3.05, 3.63) is 95.1 Å². The van der Waals surface area contributed by atoms with Gasteiger partial charge in [-0.25, -0.2) is 4.79 Å². The lowest BCUT2D eigenvalue weighted by Crippen LogP contribution is -2.45. The van der Waals surface area contributed by atoms with Gasteiger partial charge in [0.25, 0.3) is 23.6 Å². The van der Waals surface area contributed by atoms with Crippen molar-refractivity contribution in [2.75, 3.05) is 75.9 Å². The molecule has 0 aliphatic rings. The molecule has 0 aliphatic carbocycles. The number of amides is 10. The molecule has 0 aromatic heterocycles. The number of nitrogens with one attached hydrogen (secondary N) is 8. The number of carbonyl (C=O) groups excluding carboxylic acids is 9. The number of nitrogens with two attached hydrogens (primary N) is 9. The Morgan fingerprint density at radius 3 is 1.00 bits per heavy atom. The lowest BCUT2D eigenvalue weighted by atomic mass is 10.1. The number of methoxy groups -OCH3 is 4. The third-order valence-electron chi connectivity index (χ3n) is 12.9. The van der Waals surface area contributed by atoms with E-state index in [1.807, 2.05) is 0 Å². The summed E-state index contributed by atoms with van der Waals surface area (Å²) in [5, 5.41) is 21.2. The van der Waals surface area contributed by atoms with Crippen LogP contribution in [0.25, 0.3) is 0 Å². The fraction of sp³-hybridized carbons (Fsp3) is 0.357. The monoisotopic (exact) mass is 1240 g/mol. The molecule has 0 saturated carbocycles. The fourth-order valence-corrected chi connectivity index (χ4v) is 8.48. The van der Waals surface area contributed by atoms with Gasteiger partial charge < -0.3 is 113 Å². The van der Waals surface area contributed by atoms with Gasteiger partial charge in [-0.05, 0) is 124 Å². The van der Waals surface area contributed by atoms with Gasteiger partial charge in [0.15, 0.2) is 17.9 Å². The predicted molar refractivity (Wildman–Crippen MR) is 333 cm³/mol. The molecule has 26 N–H and O–H groups in total. The number of carbonyl (C=O) groups is 9.